The maximum Gasteiger partial charge on any atom is 0.243 e. The van der Waals surface area contributed by atoms with Crippen LogP contribution in [0.2, 0.25) is 0 Å². The van der Waals surface area contributed by atoms with Gasteiger partial charge < -0.3 is 19.7 Å². The number of aryl methyl sites for hydroxylation is 1. The first-order valence-electron chi connectivity index (χ1n) is 12.4. The third-order valence-electron chi connectivity index (χ3n) is 6.02. The molecule has 0 fully saturated rings. The van der Waals surface area contributed by atoms with E-state index in [0.717, 1.165) is 21.2 Å². The molecule has 0 heterocycles. The molecule has 0 aliphatic rings. The van der Waals surface area contributed by atoms with Gasteiger partial charge in [-0.1, -0.05) is 64.5 Å². The number of halogens is 1. The van der Waals surface area contributed by atoms with Gasteiger partial charge in [0.2, 0.25) is 11.8 Å². The molecule has 3 aromatic carbocycles. The second-order valence-corrected chi connectivity index (χ2v) is 10.1. The van der Waals surface area contributed by atoms with Crippen molar-refractivity contribution in [2.75, 3.05) is 14.2 Å². The maximum atomic E-state index is 13.8. The summed E-state index contributed by atoms with van der Waals surface area (Å²) >= 11 is 3.52. The standard InChI is InChI=1S/C30H35BrN2O4/c1-21(2)32-30(35)26(18-22-9-6-5-7-10-22)33(20-24-11-8-12-25(31)17-24)29(34)16-14-23-13-15-27(36-3)28(19-23)37-4/h5-13,15,17,19,21,26H,14,16,18,20H2,1-4H3,(H,32,35). The van der Waals surface area contributed by atoms with Gasteiger partial charge in [0.25, 0.3) is 0 Å². The Hall–Kier alpha value is -3.32. The number of ether oxygens (including phenoxy) is 2. The van der Waals surface area contributed by atoms with Crippen LogP contribution in [0.25, 0.3) is 0 Å². The fourth-order valence-electron chi connectivity index (χ4n) is 4.20. The third kappa shape index (κ3) is 8.35. The molecule has 6 nitrogen and oxygen atoms in total. The molecule has 0 aliphatic heterocycles. The molecule has 1 N–H and O–H groups in total. The zero-order valence-corrected chi connectivity index (χ0v) is 23.5. The van der Waals surface area contributed by atoms with Gasteiger partial charge >= 0.3 is 0 Å². The summed E-state index contributed by atoms with van der Waals surface area (Å²) in [5.74, 6) is 1.02. The summed E-state index contributed by atoms with van der Waals surface area (Å²) in [5.41, 5.74) is 2.90. The average molecular weight is 568 g/mol. The van der Waals surface area contributed by atoms with Gasteiger partial charge in [0, 0.05) is 29.9 Å². The van der Waals surface area contributed by atoms with E-state index in [2.05, 4.69) is 21.2 Å². The Balaban J connectivity index is 1.90. The normalized spacial score (nSPS) is 11.6. The number of amides is 2. The molecule has 1 unspecified atom stereocenters. The second-order valence-electron chi connectivity index (χ2n) is 9.21. The number of rotatable bonds is 12. The van der Waals surface area contributed by atoms with Crippen molar-refractivity contribution in [3.05, 3.63) is 94.0 Å². The molecule has 0 aliphatic carbocycles. The maximum absolute atomic E-state index is 13.8. The number of methoxy groups -OCH3 is 2. The van der Waals surface area contributed by atoms with Gasteiger partial charge in [-0.2, -0.15) is 0 Å². The summed E-state index contributed by atoms with van der Waals surface area (Å²) in [7, 11) is 3.18. The Kier molecular flexibility index (Phi) is 10.6. The van der Waals surface area contributed by atoms with Crippen LogP contribution in [0.5, 0.6) is 11.5 Å². The smallest absolute Gasteiger partial charge is 0.243 e. The summed E-state index contributed by atoms with van der Waals surface area (Å²) in [6, 6.07) is 22.6. The summed E-state index contributed by atoms with van der Waals surface area (Å²) in [6.45, 7) is 4.18. The largest absolute Gasteiger partial charge is 0.493 e. The summed E-state index contributed by atoms with van der Waals surface area (Å²) in [4.78, 5) is 28.9. The van der Waals surface area contributed by atoms with E-state index in [9.17, 15) is 9.59 Å². The number of carbonyl (C=O) groups excluding carboxylic acids is 2. The Morgan fingerprint density at radius 1 is 0.865 bits per heavy atom. The molecule has 3 rings (SSSR count). The minimum atomic E-state index is -0.651. The molecule has 0 spiro atoms. The van der Waals surface area contributed by atoms with Crippen LogP contribution in [0.1, 0.15) is 37.0 Å². The van der Waals surface area contributed by atoms with Gasteiger partial charge in [0.1, 0.15) is 6.04 Å². The van der Waals surface area contributed by atoms with E-state index < -0.39 is 6.04 Å². The van der Waals surface area contributed by atoms with Gasteiger partial charge in [-0.05, 0) is 61.2 Å². The topological polar surface area (TPSA) is 67.9 Å². The Morgan fingerprint density at radius 2 is 1.57 bits per heavy atom. The van der Waals surface area contributed by atoms with E-state index in [1.54, 1.807) is 19.1 Å². The van der Waals surface area contributed by atoms with Crippen LogP contribution in [-0.2, 0) is 29.0 Å². The Bertz CT molecular complexity index is 1180. The number of nitrogens with zero attached hydrogens (tertiary/aromatic N) is 1. The number of carbonyl (C=O) groups is 2. The first-order valence-corrected chi connectivity index (χ1v) is 13.2. The van der Waals surface area contributed by atoms with Crippen LogP contribution in [0.3, 0.4) is 0 Å². The van der Waals surface area contributed by atoms with Crippen molar-refractivity contribution in [1.29, 1.82) is 0 Å². The molecule has 37 heavy (non-hydrogen) atoms. The molecular formula is C30H35BrN2O4. The Morgan fingerprint density at radius 3 is 2.22 bits per heavy atom. The van der Waals surface area contributed by atoms with E-state index in [1.165, 1.54) is 0 Å². The average Bonchev–Trinajstić information content (AvgIpc) is 2.89. The molecule has 0 saturated carbocycles. The molecule has 1 atom stereocenters. The van der Waals surface area contributed by atoms with Gasteiger partial charge in [-0.15, -0.1) is 0 Å². The van der Waals surface area contributed by atoms with Gasteiger partial charge in [-0.3, -0.25) is 9.59 Å². The molecule has 7 heteroatoms. The quantitative estimate of drug-likeness (QED) is 0.311. The molecule has 0 saturated heterocycles. The minimum Gasteiger partial charge on any atom is -0.493 e. The molecule has 0 aromatic heterocycles. The number of hydrogen-bond acceptors (Lipinski definition) is 4. The second kappa shape index (κ2) is 13.8. The molecule has 2 amide bonds. The van der Waals surface area contributed by atoms with Crippen molar-refractivity contribution >= 4 is 27.7 Å². The van der Waals surface area contributed by atoms with Crippen molar-refractivity contribution in [2.45, 2.75) is 51.7 Å². The van der Waals surface area contributed by atoms with Crippen molar-refractivity contribution in [3.63, 3.8) is 0 Å². The van der Waals surface area contributed by atoms with Crippen LogP contribution in [0, 0.1) is 0 Å². The van der Waals surface area contributed by atoms with E-state index in [0.29, 0.717) is 30.9 Å². The monoisotopic (exact) mass is 566 g/mol. The lowest BCUT2D eigenvalue weighted by atomic mass is 10.0. The first-order chi connectivity index (χ1) is 17.8. The summed E-state index contributed by atoms with van der Waals surface area (Å²) in [5, 5.41) is 3.02. The van der Waals surface area contributed by atoms with E-state index >= 15 is 0 Å². The molecular weight excluding hydrogens is 532 g/mol. The molecule has 196 valence electrons. The highest BCUT2D eigenvalue weighted by atomic mass is 79.9. The third-order valence-corrected chi connectivity index (χ3v) is 6.51. The van der Waals surface area contributed by atoms with Gasteiger partial charge in [0.05, 0.1) is 14.2 Å². The molecule has 0 bridgehead atoms. The lowest BCUT2D eigenvalue weighted by molar-refractivity contribution is -0.141. The lowest BCUT2D eigenvalue weighted by Gasteiger charge is -2.32. The number of hydrogen-bond donors (Lipinski definition) is 1. The van der Waals surface area contributed by atoms with Crippen LogP contribution >= 0.6 is 15.9 Å². The van der Waals surface area contributed by atoms with Crippen LogP contribution < -0.4 is 14.8 Å². The minimum absolute atomic E-state index is 0.0413. The van der Waals surface area contributed by atoms with Crippen LogP contribution in [-0.4, -0.2) is 43.0 Å². The molecule has 0 radical (unpaired) electrons. The predicted octanol–water partition coefficient (Wildman–Crippen LogP) is 5.56. The Labute approximate surface area is 228 Å². The highest BCUT2D eigenvalue weighted by Crippen LogP contribution is 2.28. The molecule has 3 aromatic rings. The van der Waals surface area contributed by atoms with E-state index in [4.69, 9.17) is 9.47 Å². The van der Waals surface area contributed by atoms with Crippen molar-refractivity contribution < 1.29 is 19.1 Å². The zero-order chi connectivity index (χ0) is 26.8. The van der Waals surface area contributed by atoms with Crippen LogP contribution in [0.4, 0.5) is 0 Å². The highest BCUT2D eigenvalue weighted by molar-refractivity contribution is 9.10. The van der Waals surface area contributed by atoms with Crippen LogP contribution in [0.15, 0.2) is 77.3 Å². The zero-order valence-electron chi connectivity index (χ0n) is 21.9. The summed E-state index contributed by atoms with van der Waals surface area (Å²) in [6.07, 6.45) is 1.19. The van der Waals surface area contributed by atoms with Gasteiger partial charge in [0.15, 0.2) is 11.5 Å². The first kappa shape index (κ1) is 28.3. The fraction of sp³-hybridized carbons (Fsp3) is 0.333. The highest BCUT2D eigenvalue weighted by Gasteiger charge is 2.30. The number of nitrogens with one attached hydrogen (secondary N) is 1. The predicted molar refractivity (Wildman–Crippen MR) is 150 cm³/mol. The van der Waals surface area contributed by atoms with Crippen molar-refractivity contribution in [3.8, 4) is 11.5 Å². The SMILES string of the molecule is COc1ccc(CCC(=O)N(Cc2cccc(Br)c2)C(Cc2ccccc2)C(=O)NC(C)C)cc1OC. The van der Waals surface area contributed by atoms with E-state index in [1.807, 2.05) is 86.6 Å². The number of benzene rings is 3. The van der Waals surface area contributed by atoms with Crippen molar-refractivity contribution in [1.82, 2.24) is 10.2 Å². The van der Waals surface area contributed by atoms with Crippen molar-refractivity contribution in [2.24, 2.45) is 0 Å². The summed E-state index contributed by atoms with van der Waals surface area (Å²) < 4.78 is 11.7. The van der Waals surface area contributed by atoms with E-state index in [-0.39, 0.29) is 24.3 Å². The lowest BCUT2D eigenvalue weighted by Crippen LogP contribution is -2.51. The fourth-order valence-corrected chi connectivity index (χ4v) is 4.64. The van der Waals surface area contributed by atoms with Gasteiger partial charge in [-0.25, -0.2) is 0 Å².